The number of carbonyl (C=O) groups excluding carboxylic acids is 1. The Morgan fingerprint density at radius 2 is 2.00 bits per heavy atom. The van der Waals surface area contributed by atoms with Gasteiger partial charge >= 0.3 is 0 Å². The molecule has 0 spiro atoms. The number of ether oxygens (including phenoxy) is 1. The number of carbonyl (C=O) groups is 1. The quantitative estimate of drug-likeness (QED) is 0.893. The Morgan fingerprint density at radius 3 is 2.68 bits per heavy atom. The number of halogens is 1. The van der Waals surface area contributed by atoms with Crippen molar-refractivity contribution in [3.05, 3.63) is 53.8 Å². The zero-order valence-electron chi connectivity index (χ0n) is 10.2. The lowest BCUT2D eigenvalue weighted by atomic mass is 10.1. The molecule has 0 unspecified atom stereocenters. The van der Waals surface area contributed by atoms with Gasteiger partial charge in [-0.2, -0.15) is 0 Å². The number of benzene rings is 2. The second-order valence-corrected chi connectivity index (χ2v) is 3.82. The number of aromatic hydroxyl groups is 1. The molecular weight excluding hydrogens is 249 g/mol. The summed E-state index contributed by atoms with van der Waals surface area (Å²) in [5.74, 6) is -1.06. The fourth-order valence-corrected chi connectivity index (χ4v) is 1.63. The number of rotatable bonds is 3. The lowest BCUT2D eigenvalue weighted by molar-refractivity contribution is 0.102. The third-order valence-electron chi connectivity index (χ3n) is 2.56. The summed E-state index contributed by atoms with van der Waals surface area (Å²) in [5.41, 5.74) is 0.464. The molecule has 2 rings (SSSR count). The van der Waals surface area contributed by atoms with Gasteiger partial charge in [0, 0.05) is 6.07 Å². The van der Waals surface area contributed by atoms with Crippen molar-refractivity contribution in [1.29, 1.82) is 0 Å². The summed E-state index contributed by atoms with van der Waals surface area (Å²) >= 11 is 0. The maximum Gasteiger partial charge on any atom is 0.259 e. The summed E-state index contributed by atoms with van der Waals surface area (Å²) in [6.45, 7) is 0. The molecule has 98 valence electrons. The molecule has 19 heavy (non-hydrogen) atoms. The second kappa shape index (κ2) is 5.39. The van der Waals surface area contributed by atoms with Crippen LogP contribution in [0, 0.1) is 5.82 Å². The highest BCUT2D eigenvalue weighted by Crippen LogP contribution is 2.25. The number of hydrogen-bond donors (Lipinski definition) is 2. The van der Waals surface area contributed by atoms with Gasteiger partial charge in [0.1, 0.15) is 17.3 Å². The molecule has 0 heterocycles. The van der Waals surface area contributed by atoms with Crippen LogP contribution in [0.3, 0.4) is 0 Å². The van der Waals surface area contributed by atoms with Gasteiger partial charge in [-0.1, -0.05) is 12.1 Å². The molecule has 2 N–H and O–H groups in total. The van der Waals surface area contributed by atoms with Gasteiger partial charge < -0.3 is 15.2 Å². The van der Waals surface area contributed by atoms with E-state index in [0.29, 0.717) is 11.4 Å². The molecule has 1 amide bonds. The summed E-state index contributed by atoms with van der Waals surface area (Å²) in [4.78, 5) is 12.0. The van der Waals surface area contributed by atoms with E-state index in [4.69, 9.17) is 4.74 Å². The first kappa shape index (κ1) is 12.9. The van der Waals surface area contributed by atoms with Crippen molar-refractivity contribution in [3.8, 4) is 11.5 Å². The minimum absolute atomic E-state index is 0.00712. The highest BCUT2D eigenvalue weighted by molar-refractivity contribution is 6.06. The van der Waals surface area contributed by atoms with Gasteiger partial charge in [0.15, 0.2) is 0 Å². The van der Waals surface area contributed by atoms with E-state index < -0.39 is 17.5 Å². The van der Waals surface area contributed by atoms with Gasteiger partial charge in [0.2, 0.25) is 0 Å². The lowest BCUT2D eigenvalue weighted by Crippen LogP contribution is -2.12. The van der Waals surface area contributed by atoms with Crippen molar-refractivity contribution in [2.75, 3.05) is 12.4 Å². The van der Waals surface area contributed by atoms with Gasteiger partial charge in [-0.05, 0) is 24.3 Å². The number of nitrogens with one attached hydrogen (secondary N) is 1. The van der Waals surface area contributed by atoms with Crippen LogP contribution in [-0.4, -0.2) is 18.1 Å². The molecule has 0 radical (unpaired) electrons. The molecule has 0 saturated carbocycles. The van der Waals surface area contributed by atoms with Gasteiger partial charge in [-0.15, -0.1) is 0 Å². The third-order valence-corrected chi connectivity index (χ3v) is 2.56. The Hall–Kier alpha value is -2.56. The Kier molecular flexibility index (Phi) is 3.66. The van der Waals surface area contributed by atoms with Crippen LogP contribution in [-0.2, 0) is 0 Å². The van der Waals surface area contributed by atoms with Crippen molar-refractivity contribution in [2.24, 2.45) is 0 Å². The van der Waals surface area contributed by atoms with Gasteiger partial charge in [-0.3, -0.25) is 4.79 Å². The topological polar surface area (TPSA) is 58.6 Å². The lowest BCUT2D eigenvalue weighted by Gasteiger charge is -2.10. The average Bonchev–Trinajstić information content (AvgIpc) is 2.39. The first-order chi connectivity index (χ1) is 9.11. The van der Waals surface area contributed by atoms with E-state index in [0.717, 1.165) is 12.1 Å². The Morgan fingerprint density at radius 1 is 1.26 bits per heavy atom. The predicted octanol–water partition coefficient (Wildman–Crippen LogP) is 2.79. The smallest absolute Gasteiger partial charge is 0.259 e. The molecule has 0 atom stereocenters. The largest absolute Gasteiger partial charge is 0.507 e. The van der Waals surface area contributed by atoms with E-state index in [9.17, 15) is 14.3 Å². The second-order valence-electron chi connectivity index (χ2n) is 3.82. The molecule has 5 heteroatoms. The highest BCUT2D eigenvalue weighted by Gasteiger charge is 2.13. The monoisotopic (exact) mass is 261 g/mol. The number of anilines is 1. The third kappa shape index (κ3) is 2.82. The van der Waals surface area contributed by atoms with Crippen molar-refractivity contribution >= 4 is 11.6 Å². The molecule has 0 saturated heterocycles. The van der Waals surface area contributed by atoms with Crippen LogP contribution in [0.5, 0.6) is 11.5 Å². The molecular formula is C14H12FNO3. The van der Waals surface area contributed by atoms with E-state index in [1.54, 1.807) is 24.3 Å². The van der Waals surface area contributed by atoms with Crippen LogP contribution >= 0.6 is 0 Å². The van der Waals surface area contributed by atoms with Crippen molar-refractivity contribution in [2.45, 2.75) is 0 Å². The minimum atomic E-state index is -0.605. The average molecular weight is 261 g/mol. The summed E-state index contributed by atoms with van der Waals surface area (Å²) in [7, 11) is 1.49. The van der Waals surface area contributed by atoms with Crippen molar-refractivity contribution in [1.82, 2.24) is 0 Å². The molecule has 2 aromatic carbocycles. The van der Waals surface area contributed by atoms with Crippen LogP contribution in [0.2, 0.25) is 0 Å². The van der Waals surface area contributed by atoms with Crippen LogP contribution < -0.4 is 10.1 Å². The molecule has 4 nitrogen and oxygen atoms in total. The van der Waals surface area contributed by atoms with E-state index in [-0.39, 0.29) is 5.56 Å². The van der Waals surface area contributed by atoms with Gasteiger partial charge in [0.25, 0.3) is 5.91 Å². The summed E-state index contributed by atoms with van der Waals surface area (Å²) in [6.07, 6.45) is 0. The number of methoxy groups -OCH3 is 1. The predicted molar refractivity (Wildman–Crippen MR) is 69.0 cm³/mol. The minimum Gasteiger partial charge on any atom is -0.507 e. The Bertz CT molecular complexity index is 613. The van der Waals surface area contributed by atoms with E-state index >= 15 is 0 Å². The van der Waals surface area contributed by atoms with Crippen LogP contribution in [0.15, 0.2) is 42.5 Å². The normalized spacial score (nSPS) is 10.0. The van der Waals surface area contributed by atoms with Gasteiger partial charge in [-0.25, -0.2) is 4.39 Å². The fraction of sp³-hybridized carbons (Fsp3) is 0.0714. The maximum atomic E-state index is 12.8. The SMILES string of the molecule is COc1ccccc1NC(=O)c1ccc(F)cc1O. The van der Waals surface area contributed by atoms with E-state index in [1.807, 2.05) is 0 Å². The summed E-state index contributed by atoms with van der Waals surface area (Å²) < 4.78 is 17.9. The number of phenols is 1. The zero-order chi connectivity index (χ0) is 13.8. The summed E-state index contributed by atoms with van der Waals surface area (Å²) in [5, 5.41) is 12.1. The number of hydrogen-bond acceptors (Lipinski definition) is 3. The van der Waals surface area contributed by atoms with E-state index in [2.05, 4.69) is 5.32 Å². The molecule has 0 aliphatic rings. The molecule has 0 aliphatic heterocycles. The Balaban J connectivity index is 2.26. The molecule has 2 aromatic rings. The number of amides is 1. The zero-order valence-corrected chi connectivity index (χ0v) is 10.2. The van der Waals surface area contributed by atoms with E-state index in [1.165, 1.54) is 13.2 Å². The van der Waals surface area contributed by atoms with Gasteiger partial charge in [0.05, 0.1) is 18.4 Å². The first-order valence-electron chi connectivity index (χ1n) is 5.54. The Labute approximate surface area is 109 Å². The maximum absolute atomic E-state index is 12.8. The molecule has 0 aliphatic carbocycles. The van der Waals surface area contributed by atoms with Crippen molar-refractivity contribution in [3.63, 3.8) is 0 Å². The first-order valence-corrected chi connectivity index (χ1v) is 5.54. The molecule has 0 bridgehead atoms. The highest BCUT2D eigenvalue weighted by atomic mass is 19.1. The molecule has 0 fully saturated rings. The number of phenolic OH excluding ortho intramolecular Hbond substituents is 1. The number of para-hydroxylation sites is 2. The van der Waals surface area contributed by atoms with Crippen LogP contribution in [0.1, 0.15) is 10.4 Å². The fourth-order valence-electron chi connectivity index (χ4n) is 1.63. The standard InChI is InChI=1S/C14H12FNO3/c1-19-13-5-3-2-4-11(13)16-14(18)10-7-6-9(15)8-12(10)17/h2-8,17H,1H3,(H,16,18). The molecule has 0 aromatic heterocycles. The van der Waals surface area contributed by atoms with Crippen molar-refractivity contribution < 1.29 is 19.0 Å². The van der Waals surface area contributed by atoms with Crippen LogP contribution in [0.4, 0.5) is 10.1 Å². The van der Waals surface area contributed by atoms with Crippen LogP contribution in [0.25, 0.3) is 0 Å². The summed E-state index contributed by atoms with van der Waals surface area (Å²) in [6, 6.07) is 10.1.